The van der Waals surface area contributed by atoms with Gasteiger partial charge in [-0.25, -0.2) is 0 Å². The van der Waals surface area contributed by atoms with Gasteiger partial charge in [0.15, 0.2) is 0 Å². The number of hydrogen-bond acceptors (Lipinski definition) is 4. The summed E-state index contributed by atoms with van der Waals surface area (Å²) in [6, 6.07) is 0. The fourth-order valence-electron chi connectivity index (χ4n) is 0. The molecule has 0 bridgehead atoms. The SMILES string of the molecule is O=S(=O)(O)O.O=[N+]([O-])O.[CaH2]. The monoisotopic (exact) mass is 203 g/mol. The molecular weight excluding hydrogens is 198 g/mol. The predicted octanol–water partition coefficient (Wildman–Crippen LogP) is -1.92. The van der Waals surface area contributed by atoms with Crippen LogP contribution in [0.3, 0.4) is 0 Å². The van der Waals surface area contributed by atoms with Gasteiger partial charge in [0, 0.05) is 0 Å². The molecule has 0 unspecified atom stereocenters. The Kier molecular flexibility index (Phi) is 12.4. The quantitative estimate of drug-likeness (QED) is 0.180. The summed E-state index contributed by atoms with van der Waals surface area (Å²) in [6.45, 7) is 0. The van der Waals surface area contributed by atoms with E-state index in [0.717, 1.165) is 0 Å². The van der Waals surface area contributed by atoms with Crippen LogP contribution in [0.15, 0.2) is 0 Å². The molecule has 0 fully saturated rings. The number of nitrogens with zero attached hydrogens (tertiary/aromatic N) is 1. The molecule has 0 aliphatic rings. The molecule has 0 aliphatic heterocycles. The van der Waals surface area contributed by atoms with Crippen LogP contribution in [-0.4, -0.2) is 65.6 Å². The fourth-order valence-corrected chi connectivity index (χ4v) is 0. The molecule has 0 aromatic carbocycles. The van der Waals surface area contributed by atoms with Crippen molar-refractivity contribution in [1.82, 2.24) is 0 Å². The first-order valence-electron chi connectivity index (χ1n) is 1.26. The molecule has 0 amide bonds. The molecule has 10 heavy (non-hydrogen) atoms. The first kappa shape index (κ1) is 16.7. The molecule has 8 nitrogen and oxygen atoms in total. The standard InChI is InChI=1S/Ca.HNO3.H2O4S.2H/c;2-1(3)4;1-5(2,3)4;;/h;(H,2,3,4);(H2,1,2,3,4);;. The van der Waals surface area contributed by atoms with Gasteiger partial charge in [0.25, 0.3) is 5.09 Å². The minimum atomic E-state index is -4.67. The van der Waals surface area contributed by atoms with E-state index in [9.17, 15) is 0 Å². The Labute approximate surface area is 85.5 Å². The zero-order chi connectivity index (χ0) is 8.08. The Hall–Kier alpha value is 0.330. The van der Waals surface area contributed by atoms with Gasteiger partial charge in [-0.05, 0) is 0 Å². The van der Waals surface area contributed by atoms with Gasteiger partial charge in [-0.3, -0.25) is 9.11 Å². The van der Waals surface area contributed by atoms with Gasteiger partial charge in [0.2, 0.25) is 0 Å². The zero-order valence-electron chi connectivity index (χ0n) is 3.83. The topological polar surface area (TPSA) is 138 Å². The summed E-state index contributed by atoms with van der Waals surface area (Å²) in [6.07, 6.45) is 0. The van der Waals surface area contributed by atoms with E-state index < -0.39 is 15.5 Å². The Morgan fingerprint density at radius 3 is 1.30 bits per heavy atom. The molecule has 0 aromatic heterocycles. The van der Waals surface area contributed by atoms with Crippen molar-refractivity contribution in [3.05, 3.63) is 10.1 Å². The minimum absolute atomic E-state index is 0. The Morgan fingerprint density at radius 2 is 1.30 bits per heavy atom. The Bertz CT molecular complexity index is 156. The van der Waals surface area contributed by atoms with E-state index in [1.807, 2.05) is 0 Å². The maximum atomic E-state index is 8.74. The van der Waals surface area contributed by atoms with E-state index in [-0.39, 0.29) is 37.7 Å². The summed E-state index contributed by atoms with van der Waals surface area (Å²) < 4.78 is 31.6. The van der Waals surface area contributed by atoms with E-state index in [4.69, 9.17) is 32.8 Å². The molecule has 10 heteroatoms. The average molecular weight is 203 g/mol. The predicted molar refractivity (Wildman–Crippen MR) is 31.5 cm³/mol. The van der Waals surface area contributed by atoms with Crippen LogP contribution in [0, 0.1) is 10.1 Å². The number of hydrogen-bond donors (Lipinski definition) is 3. The second-order valence-corrected chi connectivity index (χ2v) is 1.58. The molecule has 0 aromatic rings. The van der Waals surface area contributed by atoms with Crippen LogP contribution in [-0.2, 0) is 10.4 Å². The molecule has 3 N–H and O–H groups in total. The summed E-state index contributed by atoms with van der Waals surface area (Å²) in [7, 11) is -4.67. The number of rotatable bonds is 0. The summed E-state index contributed by atoms with van der Waals surface area (Å²) in [5, 5.41) is 13.6. The third-order valence-corrected chi connectivity index (χ3v) is 0. The zero-order valence-corrected chi connectivity index (χ0v) is 4.65. The van der Waals surface area contributed by atoms with Gasteiger partial charge in [0.1, 0.15) is 0 Å². The van der Waals surface area contributed by atoms with Crippen molar-refractivity contribution < 1.29 is 27.8 Å². The van der Waals surface area contributed by atoms with E-state index >= 15 is 0 Å². The normalized spacial score (nSPS) is 8.20. The molecule has 0 radical (unpaired) electrons. The van der Waals surface area contributed by atoms with E-state index in [1.165, 1.54) is 0 Å². The van der Waals surface area contributed by atoms with Crippen molar-refractivity contribution >= 4 is 48.1 Å². The Balaban J connectivity index is -0.0000000910. The van der Waals surface area contributed by atoms with E-state index in [2.05, 4.69) is 0 Å². The molecule has 0 saturated heterocycles. The van der Waals surface area contributed by atoms with Crippen molar-refractivity contribution in [2.24, 2.45) is 0 Å². The van der Waals surface area contributed by atoms with Crippen LogP contribution in [0.4, 0.5) is 0 Å². The van der Waals surface area contributed by atoms with Crippen LogP contribution in [0.2, 0.25) is 0 Å². The Morgan fingerprint density at radius 1 is 1.30 bits per heavy atom. The van der Waals surface area contributed by atoms with Gasteiger partial charge in [-0.15, -0.1) is 10.1 Å². The fraction of sp³-hybridized carbons (Fsp3) is 0. The molecular formula is H5CaNO7S. The van der Waals surface area contributed by atoms with Crippen LogP contribution >= 0.6 is 0 Å². The molecule has 60 valence electrons. The van der Waals surface area contributed by atoms with Crippen LogP contribution in [0.1, 0.15) is 0 Å². The average Bonchev–Trinajstić information content (AvgIpc) is 1.19. The maximum absolute atomic E-state index is 8.74. The van der Waals surface area contributed by atoms with Gasteiger partial charge in [0.05, 0.1) is 0 Å². The summed E-state index contributed by atoms with van der Waals surface area (Å²) in [4.78, 5) is 8.36. The van der Waals surface area contributed by atoms with Gasteiger partial charge in [-0.2, -0.15) is 8.42 Å². The molecule has 0 atom stereocenters. The van der Waals surface area contributed by atoms with E-state index in [0.29, 0.717) is 0 Å². The molecule has 0 spiro atoms. The summed E-state index contributed by atoms with van der Waals surface area (Å²) >= 11 is 0. The third-order valence-electron chi connectivity index (χ3n) is 0. The van der Waals surface area contributed by atoms with Gasteiger partial charge in [-0.1, -0.05) is 0 Å². The van der Waals surface area contributed by atoms with Crippen molar-refractivity contribution in [3.8, 4) is 0 Å². The molecule has 0 saturated carbocycles. The van der Waals surface area contributed by atoms with Crippen LogP contribution in [0.25, 0.3) is 0 Å². The summed E-state index contributed by atoms with van der Waals surface area (Å²) in [5.74, 6) is 0. The third kappa shape index (κ3) is 4120. The van der Waals surface area contributed by atoms with Crippen molar-refractivity contribution in [3.63, 3.8) is 0 Å². The van der Waals surface area contributed by atoms with Crippen molar-refractivity contribution in [2.45, 2.75) is 0 Å². The van der Waals surface area contributed by atoms with Gasteiger partial charge >= 0.3 is 48.1 Å². The second kappa shape index (κ2) is 7.44. The first-order valence-corrected chi connectivity index (χ1v) is 2.66. The van der Waals surface area contributed by atoms with Crippen LogP contribution < -0.4 is 0 Å². The van der Waals surface area contributed by atoms with Crippen molar-refractivity contribution in [2.75, 3.05) is 0 Å². The first-order chi connectivity index (χ1) is 3.73. The molecule has 0 rings (SSSR count). The second-order valence-electron chi connectivity index (χ2n) is 0.686. The van der Waals surface area contributed by atoms with Crippen molar-refractivity contribution in [1.29, 1.82) is 0 Å². The van der Waals surface area contributed by atoms with Crippen LogP contribution in [0.5, 0.6) is 0 Å². The van der Waals surface area contributed by atoms with Gasteiger partial charge < -0.3 is 5.21 Å². The summed E-state index contributed by atoms with van der Waals surface area (Å²) in [5.41, 5.74) is 0. The van der Waals surface area contributed by atoms with E-state index in [1.54, 1.807) is 0 Å². The molecule has 0 aliphatic carbocycles. The molecule has 0 heterocycles.